The van der Waals surface area contributed by atoms with E-state index in [0.29, 0.717) is 12.6 Å². The highest BCUT2D eigenvalue weighted by molar-refractivity contribution is 5.24. The maximum atomic E-state index is 9.17. The molecule has 15 heavy (non-hydrogen) atoms. The first kappa shape index (κ1) is 12.2. The Morgan fingerprint density at radius 3 is 2.27 bits per heavy atom. The lowest BCUT2D eigenvalue weighted by atomic mass is 10.0. The first-order valence-corrected chi connectivity index (χ1v) is 5.63. The monoisotopic (exact) mass is 207 g/mol. The SMILES string of the molecule is CCc1ccc(C(C)NC[C@H](C)O)cc1. The Kier molecular flexibility index (Phi) is 4.79. The lowest BCUT2D eigenvalue weighted by Crippen LogP contribution is -2.27. The second kappa shape index (κ2) is 5.89. The van der Waals surface area contributed by atoms with Crippen LogP contribution in [0.1, 0.15) is 37.9 Å². The summed E-state index contributed by atoms with van der Waals surface area (Å²) < 4.78 is 0. The van der Waals surface area contributed by atoms with E-state index < -0.39 is 0 Å². The molecule has 0 aliphatic rings. The van der Waals surface area contributed by atoms with E-state index in [2.05, 4.69) is 43.4 Å². The zero-order valence-corrected chi connectivity index (χ0v) is 9.83. The number of hydrogen-bond acceptors (Lipinski definition) is 2. The van der Waals surface area contributed by atoms with E-state index >= 15 is 0 Å². The van der Waals surface area contributed by atoms with Crippen LogP contribution < -0.4 is 5.32 Å². The van der Waals surface area contributed by atoms with Crippen LogP contribution in [0.15, 0.2) is 24.3 Å². The van der Waals surface area contributed by atoms with Crippen molar-refractivity contribution in [3.63, 3.8) is 0 Å². The largest absolute Gasteiger partial charge is 0.392 e. The minimum absolute atomic E-state index is 0.289. The fourth-order valence-corrected chi connectivity index (χ4v) is 1.51. The van der Waals surface area contributed by atoms with E-state index in [1.807, 2.05) is 0 Å². The number of rotatable bonds is 5. The summed E-state index contributed by atoms with van der Waals surface area (Å²) in [6, 6.07) is 8.92. The van der Waals surface area contributed by atoms with E-state index in [1.54, 1.807) is 6.92 Å². The molecule has 0 amide bonds. The third kappa shape index (κ3) is 4.02. The molecule has 1 rings (SSSR count). The maximum absolute atomic E-state index is 9.17. The molecular formula is C13H21NO. The molecule has 2 atom stereocenters. The molecule has 0 aromatic heterocycles. The van der Waals surface area contributed by atoms with Crippen molar-refractivity contribution in [2.24, 2.45) is 0 Å². The smallest absolute Gasteiger partial charge is 0.0636 e. The third-order valence-electron chi connectivity index (χ3n) is 2.61. The van der Waals surface area contributed by atoms with Gasteiger partial charge in [-0.2, -0.15) is 0 Å². The number of benzene rings is 1. The fourth-order valence-electron chi connectivity index (χ4n) is 1.51. The van der Waals surface area contributed by atoms with Gasteiger partial charge in [0.15, 0.2) is 0 Å². The molecule has 0 fully saturated rings. The Balaban J connectivity index is 2.54. The van der Waals surface area contributed by atoms with Gasteiger partial charge in [-0.3, -0.25) is 0 Å². The summed E-state index contributed by atoms with van der Waals surface area (Å²) in [5.41, 5.74) is 2.63. The summed E-state index contributed by atoms with van der Waals surface area (Å²) in [5, 5.41) is 12.5. The zero-order valence-electron chi connectivity index (χ0n) is 9.83. The van der Waals surface area contributed by atoms with Crippen LogP contribution in [0.25, 0.3) is 0 Å². The van der Waals surface area contributed by atoms with Gasteiger partial charge in [-0.25, -0.2) is 0 Å². The average Bonchev–Trinajstić information content (AvgIpc) is 2.26. The molecule has 84 valence electrons. The second-order valence-electron chi connectivity index (χ2n) is 4.07. The van der Waals surface area contributed by atoms with Gasteiger partial charge in [0.25, 0.3) is 0 Å². The molecular weight excluding hydrogens is 186 g/mol. The Morgan fingerprint density at radius 1 is 1.20 bits per heavy atom. The summed E-state index contributed by atoms with van der Waals surface area (Å²) in [6.07, 6.45) is 0.790. The van der Waals surface area contributed by atoms with Crippen LogP contribution in [0.2, 0.25) is 0 Å². The molecule has 0 radical (unpaired) electrons. The van der Waals surface area contributed by atoms with Gasteiger partial charge in [0, 0.05) is 12.6 Å². The Hall–Kier alpha value is -0.860. The van der Waals surface area contributed by atoms with Crippen LogP contribution in [0, 0.1) is 0 Å². The quantitative estimate of drug-likeness (QED) is 0.776. The van der Waals surface area contributed by atoms with Crippen molar-refractivity contribution in [1.29, 1.82) is 0 Å². The van der Waals surface area contributed by atoms with Crippen LogP contribution in [-0.4, -0.2) is 17.8 Å². The van der Waals surface area contributed by atoms with Gasteiger partial charge < -0.3 is 10.4 Å². The standard InChI is InChI=1S/C13H21NO/c1-4-12-5-7-13(8-6-12)11(3)14-9-10(2)15/h5-8,10-11,14-15H,4,9H2,1-3H3/t10-,11?/m0/s1. The van der Waals surface area contributed by atoms with Crippen LogP contribution in [-0.2, 0) is 6.42 Å². The molecule has 0 heterocycles. The van der Waals surface area contributed by atoms with Crippen molar-refractivity contribution in [1.82, 2.24) is 5.32 Å². The molecule has 2 nitrogen and oxygen atoms in total. The first-order valence-electron chi connectivity index (χ1n) is 5.63. The normalized spacial score (nSPS) is 14.9. The predicted molar refractivity (Wildman–Crippen MR) is 63.9 cm³/mol. The van der Waals surface area contributed by atoms with Crippen molar-refractivity contribution < 1.29 is 5.11 Å². The van der Waals surface area contributed by atoms with Crippen LogP contribution in [0.3, 0.4) is 0 Å². The van der Waals surface area contributed by atoms with E-state index in [9.17, 15) is 0 Å². The number of aliphatic hydroxyl groups excluding tert-OH is 1. The molecule has 0 aliphatic carbocycles. The van der Waals surface area contributed by atoms with E-state index in [-0.39, 0.29) is 6.10 Å². The zero-order chi connectivity index (χ0) is 11.3. The van der Waals surface area contributed by atoms with Crippen molar-refractivity contribution >= 4 is 0 Å². The highest BCUT2D eigenvalue weighted by atomic mass is 16.3. The van der Waals surface area contributed by atoms with Crippen LogP contribution in [0.5, 0.6) is 0 Å². The van der Waals surface area contributed by atoms with Crippen molar-refractivity contribution in [2.45, 2.75) is 39.3 Å². The summed E-state index contributed by atoms with van der Waals surface area (Å²) in [5.74, 6) is 0. The second-order valence-corrected chi connectivity index (χ2v) is 4.07. The van der Waals surface area contributed by atoms with Crippen LogP contribution in [0.4, 0.5) is 0 Å². The molecule has 2 heteroatoms. The first-order chi connectivity index (χ1) is 7.13. The van der Waals surface area contributed by atoms with E-state index in [1.165, 1.54) is 11.1 Å². The topological polar surface area (TPSA) is 32.3 Å². The molecule has 0 saturated carbocycles. The van der Waals surface area contributed by atoms with Gasteiger partial charge in [-0.1, -0.05) is 31.2 Å². The third-order valence-corrected chi connectivity index (χ3v) is 2.61. The Morgan fingerprint density at radius 2 is 1.80 bits per heavy atom. The summed E-state index contributed by atoms with van der Waals surface area (Å²) in [4.78, 5) is 0. The molecule has 0 aliphatic heterocycles. The van der Waals surface area contributed by atoms with Gasteiger partial charge >= 0.3 is 0 Å². The fraction of sp³-hybridized carbons (Fsp3) is 0.538. The Labute approximate surface area is 92.3 Å². The van der Waals surface area contributed by atoms with E-state index in [4.69, 9.17) is 5.11 Å². The maximum Gasteiger partial charge on any atom is 0.0636 e. The lowest BCUT2D eigenvalue weighted by molar-refractivity contribution is 0.187. The number of aliphatic hydroxyl groups is 1. The van der Waals surface area contributed by atoms with Gasteiger partial charge in [-0.15, -0.1) is 0 Å². The number of nitrogens with one attached hydrogen (secondary N) is 1. The molecule has 0 bridgehead atoms. The van der Waals surface area contributed by atoms with Gasteiger partial charge in [0.2, 0.25) is 0 Å². The molecule has 1 aromatic carbocycles. The summed E-state index contributed by atoms with van der Waals surface area (Å²) >= 11 is 0. The highest BCUT2D eigenvalue weighted by Gasteiger charge is 2.05. The molecule has 0 saturated heterocycles. The highest BCUT2D eigenvalue weighted by Crippen LogP contribution is 2.13. The van der Waals surface area contributed by atoms with Crippen molar-refractivity contribution in [3.8, 4) is 0 Å². The molecule has 2 N–H and O–H groups in total. The van der Waals surface area contributed by atoms with Gasteiger partial charge in [-0.05, 0) is 31.4 Å². The number of aryl methyl sites for hydroxylation is 1. The van der Waals surface area contributed by atoms with Gasteiger partial charge in [0.05, 0.1) is 6.10 Å². The molecule has 0 spiro atoms. The minimum Gasteiger partial charge on any atom is -0.392 e. The molecule has 1 unspecified atom stereocenters. The lowest BCUT2D eigenvalue weighted by Gasteiger charge is -2.15. The van der Waals surface area contributed by atoms with Crippen molar-refractivity contribution in [3.05, 3.63) is 35.4 Å². The average molecular weight is 207 g/mol. The van der Waals surface area contributed by atoms with Crippen LogP contribution >= 0.6 is 0 Å². The predicted octanol–water partition coefficient (Wildman–Crippen LogP) is 2.28. The summed E-state index contributed by atoms with van der Waals surface area (Å²) in [7, 11) is 0. The molecule has 1 aromatic rings. The Bertz CT molecular complexity index is 279. The van der Waals surface area contributed by atoms with Gasteiger partial charge in [0.1, 0.15) is 0 Å². The van der Waals surface area contributed by atoms with E-state index in [0.717, 1.165) is 6.42 Å². The minimum atomic E-state index is -0.289. The number of hydrogen-bond donors (Lipinski definition) is 2. The summed E-state index contributed by atoms with van der Waals surface area (Å²) in [6.45, 7) is 6.70. The van der Waals surface area contributed by atoms with Crippen molar-refractivity contribution in [2.75, 3.05) is 6.54 Å².